The number of benzene rings is 4. The number of rotatable bonds is 10. The summed E-state index contributed by atoms with van der Waals surface area (Å²) in [4.78, 5) is 38.6. The molecule has 9 nitrogen and oxygen atoms in total. The number of hydrogen-bond acceptors (Lipinski definition) is 6. The van der Waals surface area contributed by atoms with Crippen molar-refractivity contribution in [2.75, 3.05) is 55.7 Å². The molecule has 1 atom stereocenters. The summed E-state index contributed by atoms with van der Waals surface area (Å²) in [5, 5.41) is 10.7. The van der Waals surface area contributed by atoms with E-state index in [1.807, 2.05) is 41.3 Å². The maximum absolute atomic E-state index is 15.1. The van der Waals surface area contributed by atoms with Crippen molar-refractivity contribution in [3.8, 4) is 17.0 Å². The number of phenols is 1. The number of fused-ring (bicyclic) bond motifs is 2. The SMILES string of the molecule is CCN(CC)c1ccc(N(C(=O)c2cc(-c3cc(Cl)ccc3C(=O)N3Cc4ccccc4C[C@H]3CN3CCOCC3)n3c2CCCC3)c2ccc(O)cc2)cc1. The minimum Gasteiger partial charge on any atom is -0.508 e. The Kier molecular flexibility index (Phi) is 11.2. The first kappa shape index (κ1) is 37.8. The number of hydrogen-bond donors (Lipinski definition) is 1. The van der Waals surface area contributed by atoms with Crippen LogP contribution in [-0.2, 0) is 30.7 Å². The summed E-state index contributed by atoms with van der Waals surface area (Å²) in [7, 11) is 0. The van der Waals surface area contributed by atoms with Gasteiger partial charge in [-0.1, -0.05) is 35.9 Å². The molecule has 10 heteroatoms. The molecule has 2 amide bonds. The van der Waals surface area contributed by atoms with E-state index in [9.17, 15) is 5.11 Å². The molecule has 1 saturated heterocycles. The van der Waals surface area contributed by atoms with Crippen LogP contribution in [0.25, 0.3) is 11.3 Å². The molecule has 290 valence electrons. The summed E-state index contributed by atoms with van der Waals surface area (Å²) >= 11 is 6.76. The fourth-order valence-electron chi connectivity index (χ4n) is 8.73. The van der Waals surface area contributed by atoms with Gasteiger partial charge in [0.15, 0.2) is 0 Å². The first-order chi connectivity index (χ1) is 27.3. The molecule has 0 saturated carbocycles. The average Bonchev–Trinajstić information content (AvgIpc) is 3.62. The van der Waals surface area contributed by atoms with Crippen molar-refractivity contribution < 1.29 is 19.4 Å². The molecule has 1 fully saturated rings. The van der Waals surface area contributed by atoms with Crippen LogP contribution in [-0.4, -0.2) is 83.3 Å². The predicted molar refractivity (Wildman–Crippen MR) is 223 cm³/mol. The molecule has 1 N–H and O–H groups in total. The van der Waals surface area contributed by atoms with Gasteiger partial charge >= 0.3 is 0 Å². The zero-order valence-corrected chi connectivity index (χ0v) is 33.0. The average molecular weight is 772 g/mol. The van der Waals surface area contributed by atoms with Crippen molar-refractivity contribution in [1.29, 1.82) is 0 Å². The van der Waals surface area contributed by atoms with E-state index in [1.165, 1.54) is 11.1 Å². The van der Waals surface area contributed by atoms with Gasteiger partial charge in [0.1, 0.15) is 5.75 Å². The zero-order chi connectivity index (χ0) is 38.8. The quantitative estimate of drug-likeness (QED) is 0.153. The van der Waals surface area contributed by atoms with Crippen LogP contribution in [0.1, 0.15) is 64.2 Å². The monoisotopic (exact) mass is 771 g/mol. The summed E-state index contributed by atoms with van der Waals surface area (Å²) in [5.41, 5.74) is 8.59. The predicted octanol–water partition coefficient (Wildman–Crippen LogP) is 8.57. The Labute approximate surface area is 334 Å². The smallest absolute Gasteiger partial charge is 0.264 e. The molecule has 8 rings (SSSR count). The standard InChI is InChI=1S/C46H50ClN5O4/c1-3-49(4-2)35-13-15-36(16-14-35)52(37-17-19-39(53)20-18-37)46(55)42-29-44(50-22-8-7-11-43(42)50)41-28-34(47)12-21-40(41)45(54)51-30-33-10-6-5-9-32(33)27-38(51)31-48-23-25-56-26-24-48/h5-6,9-10,12-21,28-29,38,53H,3-4,7-8,11,22-27,30-31H2,1-2H3/t38-/m0/s1. The van der Waals surface area contributed by atoms with E-state index in [1.54, 1.807) is 35.2 Å². The van der Waals surface area contributed by atoms with Gasteiger partial charge in [0.05, 0.1) is 18.8 Å². The first-order valence-corrected chi connectivity index (χ1v) is 20.4. The second kappa shape index (κ2) is 16.6. The van der Waals surface area contributed by atoms with Crippen molar-refractivity contribution >= 4 is 40.5 Å². The van der Waals surface area contributed by atoms with Crippen LogP contribution in [0.3, 0.4) is 0 Å². The molecule has 0 aliphatic carbocycles. The van der Waals surface area contributed by atoms with Gasteiger partial charge in [0.25, 0.3) is 11.8 Å². The van der Waals surface area contributed by atoms with Gasteiger partial charge < -0.3 is 24.2 Å². The number of anilines is 3. The molecule has 5 aromatic rings. The van der Waals surface area contributed by atoms with E-state index in [4.69, 9.17) is 16.3 Å². The number of halogens is 1. The van der Waals surface area contributed by atoms with Gasteiger partial charge in [-0.3, -0.25) is 19.4 Å². The largest absolute Gasteiger partial charge is 0.508 e. The molecule has 3 aliphatic rings. The molecule has 0 bridgehead atoms. The van der Waals surface area contributed by atoms with E-state index >= 15 is 9.59 Å². The second-order valence-electron chi connectivity index (χ2n) is 15.0. The van der Waals surface area contributed by atoms with Crippen molar-refractivity contribution in [3.63, 3.8) is 0 Å². The van der Waals surface area contributed by atoms with Crippen molar-refractivity contribution in [2.45, 2.75) is 58.7 Å². The van der Waals surface area contributed by atoms with E-state index in [0.717, 1.165) is 93.3 Å². The van der Waals surface area contributed by atoms with Crippen LogP contribution in [0, 0.1) is 0 Å². The molecule has 0 unspecified atom stereocenters. The third kappa shape index (κ3) is 7.55. The van der Waals surface area contributed by atoms with Crippen LogP contribution in [0.5, 0.6) is 5.75 Å². The summed E-state index contributed by atoms with van der Waals surface area (Å²) in [5.74, 6) is -0.0805. The maximum atomic E-state index is 15.1. The van der Waals surface area contributed by atoms with Gasteiger partial charge in [0.2, 0.25) is 0 Å². The van der Waals surface area contributed by atoms with Crippen LogP contribution in [0.4, 0.5) is 17.1 Å². The molecule has 0 radical (unpaired) electrons. The summed E-state index contributed by atoms with van der Waals surface area (Å²) < 4.78 is 7.87. The Morgan fingerprint density at radius 2 is 1.48 bits per heavy atom. The van der Waals surface area contributed by atoms with Crippen LogP contribution < -0.4 is 9.80 Å². The number of carbonyl (C=O) groups is 2. The number of aromatic hydroxyl groups is 1. The highest BCUT2D eigenvalue weighted by Crippen LogP contribution is 2.38. The van der Waals surface area contributed by atoms with E-state index < -0.39 is 0 Å². The lowest BCUT2D eigenvalue weighted by Gasteiger charge is -2.40. The van der Waals surface area contributed by atoms with Gasteiger partial charge in [0, 0.05) is 96.5 Å². The number of amides is 2. The third-order valence-corrected chi connectivity index (χ3v) is 11.9. The minimum absolute atomic E-state index is 0.00983. The number of aromatic nitrogens is 1. The lowest BCUT2D eigenvalue weighted by atomic mass is 9.92. The van der Waals surface area contributed by atoms with E-state index in [2.05, 4.69) is 58.5 Å². The maximum Gasteiger partial charge on any atom is 0.264 e. The summed E-state index contributed by atoms with van der Waals surface area (Å²) in [6.45, 7) is 11.1. The Balaban J connectivity index is 1.20. The van der Waals surface area contributed by atoms with Crippen molar-refractivity contribution in [1.82, 2.24) is 14.4 Å². The highest BCUT2D eigenvalue weighted by molar-refractivity contribution is 6.31. The molecule has 3 aliphatic heterocycles. The normalized spacial score (nSPS) is 16.9. The number of morpholine rings is 1. The number of nitrogens with zero attached hydrogens (tertiary/aromatic N) is 5. The first-order valence-electron chi connectivity index (χ1n) is 20.0. The van der Waals surface area contributed by atoms with Gasteiger partial charge in [-0.25, -0.2) is 0 Å². The lowest BCUT2D eigenvalue weighted by molar-refractivity contribution is 0.0193. The minimum atomic E-state index is -0.170. The van der Waals surface area contributed by atoms with Gasteiger partial charge in [-0.2, -0.15) is 0 Å². The third-order valence-electron chi connectivity index (χ3n) is 11.7. The Bertz CT molecular complexity index is 2190. The van der Waals surface area contributed by atoms with Crippen molar-refractivity contribution in [2.24, 2.45) is 0 Å². The van der Waals surface area contributed by atoms with Crippen LogP contribution in [0.2, 0.25) is 5.02 Å². The number of ether oxygens (including phenoxy) is 1. The molecule has 1 aromatic heterocycles. The molecular weight excluding hydrogens is 722 g/mol. The molecule has 4 aromatic carbocycles. The lowest BCUT2D eigenvalue weighted by Crippen LogP contribution is -2.52. The van der Waals surface area contributed by atoms with Gasteiger partial charge in [-0.05, 0) is 123 Å². The summed E-state index contributed by atoms with van der Waals surface area (Å²) in [6, 6.07) is 30.8. The van der Waals surface area contributed by atoms with Crippen molar-refractivity contribution in [3.05, 3.63) is 130 Å². The van der Waals surface area contributed by atoms with Crippen LogP contribution in [0.15, 0.2) is 97.1 Å². The van der Waals surface area contributed by atoms with E-state index in [-0.39, 0.29) is 23.6 Å². The zero-order valence-electron chi connectivity index (χ0n) is 32.3. The Morgan fingerprint density at radius 3 is 2.20 bits per heavy atom. The van der Waals surface area contributed by atoms with Crippen LogP contribution >= 0.6 is 11.6 Å². The second-order valence-corrected chi connectivity index (χ2v) is 15.4. The topological polar surface area (TPSA) is 81.5 Å². The number of phenolic OH excluding ortho intramolecular Hbond substituents is 1. The fraction of sp³-hybridized carbons (Fsp3) is 0.348. The Morgan fingerprint density at radius 1 is 0.804 bits per heavy atom. The fourth-order valence-corrected chi connectivity index (χ4v) is 8.90. The molecule has 4 heterocycles. The number of carbonyl (C=O) groups excluding carboxylic acids is 2. The highest BCUT2D eigenvalue weighted by atomic mass is 35.5. The summed E-state index contributed by atoms with van der Waals surface area (Å²) in [6.07, 6.45) is 3.44. The van der Waals surface area contributed by atoms with Gasteiger partial charge in [-0.15, -0.1) is 0 Å². The molecule has 0 spiro atoms. The highest BCUT2D eigenvalue weighted by Gasteiger charge is 2.35. The Hall–Kier alpha value is -5.09. The van der Waals surface area contributed by atoms with E-state index in [0.29, 0.717) is 41.6 Å². The molecular formula is C46H50ClN5O4. The molecule has 56 heavy (non-hydrogen) atoms.